The molecule has 8 heteroatoms. The lowest BCUT2D eigenvalue weighted by Gasteiger charge is -2.07. The van der Waals surface area contributed by atoms with Crippen molar-refractivity contribution in [2.45, 2.75) is 0 Å². The number of nitrogens with zero attached hydrogens (tertiary/aromatic N) is 1. The maximum atomic E-state index is 12.3. The summed E-state index contributed by atoms with van der Waals surface area (Å²) in [6, 6.07) is 18.4. The molecule has 0 aromatic heterocycles. The average molecular weight is 438 g/mol. The third kappa shape index (κ3) is 5.83. The summed E-state index contributed by atoms with van der Waals surface area (Å²) in [7, 11) is 3.10. The van der Waals surface area contributed by atoms with Crippen molar-refractivity contribution >= 4 is 35.3 Å². The van der Waals surface area contributed by atoms with Crippen LogP contribution in [-0.2, 0) is 0 Å². The molecule has 3 aromatic rings. The first-order chi connectivity index (χ1) is 15.0. The maximum absolute atomic E-state index is 12.3. The number of nitrogens with one attached hydrogen (secondary N) is 2. The van der Waals surface area contributed by atoms with E-state index in [2.05, 4.69) is 15.8 Å². The van der Waals surface area contributed by atoms with Crippen LogP contribution >= 0.6 is 11.6 Å². The average Bonchev–Trinajstić information content (AvgIpc) is 2.79. The smallest absolute Gasteiger partial charge is 0.271 e. The molecule has 3 rings (SSSR count). The summed E-state index contributed by atoms with van der Waals surface area (Å²) >= 11 is 5.91. The Labute approximate surface area is 184 Å². The number of anilines is 1. The van der Waals surface area contributed by atoms with E-state index in [-0.39, 0.29) is 11.8 Å². The molecule has 0 saturated carbocycles. The van der Waals surface area contributed by atoms with E-state index in [9.17, 15) is 9.59 Å². The Balaban J connectivity index is 1.59. The summed E-state index contributed by atoms with van der Waals surface area (Å²) in [6.07, 6.45) is 1.50. The fraction of sp³-hybridized carbons (Fsp3) is 0.0870. The summed E-state index contributed by atoms with van der Waals surface area (Å²) in [5, 5.41) is 7.20. The summed E-state index contributed by atoms with van der Waals surface area (Å²) in [5.74, 6) is 0.489. The molecule has 0 atom stereocenters. The highest BCUT2D eigenvalue weighted by Crippen LogP contribution is 2.26. The van der Waals surface area contributed by atoms with Gasteiger partial charge in [-0.25, -0.2) is 5.43 Å². The lowest BCUT2D eigenvalue weighted by Crippen LogP contribution is -2.18. The van der Waals surface area contributed by atoms with Crippen LogP contribution in [0.5, 0.6) is 11.5 Å². The summed E-state index contributed by atoms with van der Waals surface area (Å²) in [5.41, 5.74) is 4.58. The molecular weight excluding hydrogens is 418 g/mol. The van der Waals surface area contributed by atoms with Crippen LogP contribution in [0.1, 0.15) is 26.3 Å². The van der Waals surface area contributed by atoms with Gasteiger partial charge in [0.1, 0.15) is 0 Å². The first kappa shape index (κ1) is 21.9. The molecule has 0 bridgehead atoms. The minimum absolute atomic E-state index is 0.292. The molecule has 0 saturated heterocycles. The molecule has 3 aromatic carbocycles. The van der Waals surface area contributed by atoms with Crippen LogP contribution in [0.3, 0.4) is 0 Å². The van der Waals surface area contributed by atoms with Gasteiger partial charge < -0.3 is 14.8 Å². The van der Waals surface area contributed by atoms with Crippen molar-refractivity contribution in [2.24, 2.45) is 5.10 Å². The third-order valence-electron chi connectivity index (χ3n) is 4.28. The Bertz CT molecular complexity index is 1110. The number of hydrazone groups is 1. The van der Waals surface area contributed by atoms with Crippen LogP contribution in [0.25, 0.3) is 0 Å². The van der Waals surface area contributed by atoms with Gasteiger partial charge in [-0.1, -0.05) is 17.7 Å². The number of methoxy groups -OCH3 is 2. The van der Waals surface area contributed by atoms with Crippen LogP contribution in [0.4, 0.5) is 5.69 Å². The molecule has 0 unspecified atom stereocenters. The zero-order chi connectivity index (χ0) is 22.2. The Hall–Kier alpha value is -3.84. The summed E-state index contributed by atoms with van der Waals surface area (Å²) < 4.78 is 10.4. The van der Waals surface area contributed by atoms with Gasteiger partial charge >= 0.3 is 0 Å². The quantitative estimate of drug-likeness (QED) is 0.424. The molecule has 31 heavy (non-hydrogen) atoms. The van der Waals surface area contributed by atoms with Crippen LogP contribution < -0.4 is 20.2 Å². The molecule has 7 nitrogen and oxygen atoms in total. The van der Waals surface area contributed by atoms with E-state index >= 15 is 0 Å². The number of carbonyl (C=O) groups excluding carboxylic acids is 2. The number of rotatable bonds is 7. The molecule has 0 heterocycles. The minimum Gasteiger partial charge on any atom is -0.493 e. The van der Waals surface area contributed by atoms with Crippen molar-refractivity contribution in [3.8, 4) is 11.5 Å². The lowest BCUT2D eigenvalue weighted by molar-refractivity contribution is 0.0954. The Morgan fingerprint density at radius 2 is 1.61 bits per heavy atom. The highest BCUT2D eigenvalue weighted by molar-refractivity contribution is 6.31. The number of benzene rings is 3. The highest BCUT2D eigenvalue weighted by atomic mass is 35.5. The Morgan fingerprint density at radius 1 is 0.871 bits per heavy atom. The predicted molar refractivity (Wildman–Crippen MR) is 120 cm³/mol. The second-order valence-electron chi connectivity index (χ2n) is 6.36. The van der Waals surface area contributed by atoms with Crippen molar-refractivity contribution in [1.82, 2.24) is 5.43 Å². The maximum Gasteiger partial charge on any atom is 0.271 e. The van der Waals surface area contributed by atoms with Gasteiger partial charge in [-0.05, 0) is 66.2 Å². The van der Waals surface area contributed by atoms with Crippen LogP contribution in [0.15, 0.2) is 71.8 Å². The number of hydrogen-bond donors (Lipinski definition) is 2. The molecule has 0 spiro atoms. The fourth-order valence-corrected chi connectivity index (χ4v) is 2.89. The first-order valence-electron chi connectivity index (χ1n) is 9.22. The highest BCUT2D eigenvalue weighted by Gasteiger charge is 2.08. The second kappa shape index (κ2) is 10.3. The molecular formula is C23H20ClN3O4. The summed E-state index contributed by atoms with van der Waals surface area (Å²) in [4.78, 5) is 24.5. The van der Waals surface area contributed by atoms with E-state index in [0.29, 0.717) is 33.3 Å². The molecule has 0 aliphatic heterocycles. The van der Waals surface area contributed by atoms with Gasteiger partial charge in [-0.3, -0.25) is 9.59 Å². The van der Waals surface area contributed by atoms with Crippen LogP contribution in [0.2, 0.25) is 5.02 Å². The first-order valence-corrected chi connectivity index (χ1v) is 9.60. The predicted octanol–water partition coefficient (Wildman–Crippen LogP) is 4.37. The van der Waals surface area contributed by atoms with E-state index in [1.807, 2.05) is 0 Å². The molecule has 0 fully saturated rings. The van der Waals surface area contributed by atoms with Crippen molar-refractivity contribution in [3.63, 3.8) is 0 Å². The number of amides is 2. The molecule has 2 amide bonds. The zero-order valence-electron chi connectivity index (χ0n) is 16.9. The van der Waals surface area contributed by atoms with Crippen molar-refractivity contribution in [1.29, 1.82) is 0 Å². The van der Waals surface area contributed by atoms with Crippen molar-refractivity contribution in [3.05, 3.63) is 88.4 Å². The molecule has 2 N–H and O–H groups in total. The lowest BCUT2D eigenvalue weighted by atomic mass is 10.1. The SMILES string of the molecule is COc1ccc(/C=N\NC(=O)c2ccc(NC(=O)c3cccc(Cl)c3)cc2)cc1OC. The second-order valence-corrected chi connectivity index (χ2v) is 6.79. The van der Waals surface area contributed by atoms with Gasteiger partial charge in [-0.15, -0.1) is 0 Å². The van der Waals surface area contributed by atoms with Gasteiger partial charge in [0.25, 0.3) is 11.8 Å². The Morgan fingerprint density at radius 3 is 2.29 bits per heavy atom. The molecule has 158 valence electrons. The van der Waals surface area contributed by atoms with Gasteiger partial charge in [0.05, 0.1) is 20.4 Å². The van der Waals surface area contributed by atoms with Crippen molar-refractivity contribution in [2.75, 3.05) is 19.5 Å². The van der Waals surface area contributed by atoms with Crippen LogP contribution in [-0.4, -0.2) is 32.2 Å². The van der Waals surface area contributed by atoms with Crippen LogP contribution in [0, 0.1) is 0 Å². The number of halogens is 1. The summed E-state index contributed by atoms with van der Waals surface area (Å²) in [6.45, 7) is 0. The topological polar surface area (TPSA) is 89.0 Å². The molecule has 0 aliphatic rings. The third-order valence-corrected chi connectivity index (χ3v) is 4.51. The number of carbonyl (C=O) groups is 2. The minimum atomic E-state index is -0.385. The standard InChI is InChI=1S/C23H20ClN3O4/c1-30-20-11-6-15(12-21(20)31-2)14-25-27-23(29)16-7-9-19(10-8-16)26-22(28)17-4-3-5-18(24)13-17/h3-14H,1-2H3,(H,26,28)(H,27,29)/b25-14-. The normalized spacial score (nSPS) is 10.5. The fourth-order valence-electron chi connectivity index (χ4n) is 2.70. The van der Waals surface area contributed by atoms with E-state index in [1.165, 1.54) is 6.21 Å². The van der Waals surface area contributed by atoms with Gasteiger partial charge in [0, 0.05) is 21.8 Å². The number of hydrogen-bond acceptors (Lipinski definition) is 5. The van der Waals surface area contributed by atoms with Gasteiger partial charge in [-0.2, -0.15) is 5.10 Å². The van der Waals surface area contributed by atoms with Crippen molar-refractivity contribution < 1.29 is 19.1 Å². The van der Waals surface area contributed by atoms with E-state index < -0.39 is 0 Å². The molecule has 0 radical (unpaired) electrons. The van der Waals surface area contributed by atoms with Gasteiger partial charge in [0.2, 0.25) is 0 Å². The monoisotopic (exact) mass is 437 g/mol. The van der Waals surface area contributed by atoms with E-state index in [4.69, 9.17) is 21.1 Å². The van der Waals surface area contributed by atoms with Gasteiger partial charge in [0.15, 0.2) is 11.5 Å². The molecule has 0 aliphatic carbocycles. The largest absolute Gasteiger partial charge is 0.493 e. The van der Waals surface area contributed by atoms with E-state index in [0.717, 1.165) is 5.56 Å². The van der Waals surface area contributed by atoms with E-state index in [1.54, 1.807) is 80.9 Å². The zero-order valence-corrected chi connectivity index (χ0v) is 17.6. The Kier molecular flexibility index (Phi) is 7.24. The number of ether oxygens (including phenoxy) is 2.